The summed E-state index contributed by atoms with van der Waals surface area (Å²) in [5.74, 6) is 0.281. The molecule has 116 valence electrons. The molecule has 1 aromatic heterocycles. The van der Waals surface area contributed by atoms with Gasteiger partial charge in [-0.05, 0) is 43.0 Å². The molecule has 0 saturated carbocycles. The van der Waals surface area contributed by atoms with Crippen LogP contribution in [-0.2, 0) is 0 Å². The molecule has 0 bridgehead atoms. The number of pyridine rings is 1. The first-order valence-electron chi connectivity index (χ1n) is 7.28. The van der Waals surface area contributed by atoms with Crippen molar-refractivity contribution in [3.05, 3.63) is 34.9 Å². The maximum Gasteiger partial charge on any atom is 0.337 e. The summed E-state index contributed by atoms with van der Waals surface area (Å²) in [5.41, 5.74) is 0.725. The van der Waals surface area contributed by atoms with Crippen LogP contribution in [0.5, 0.6) is 0 Å². The number of nitrogens with zero attached hydrogens (tertiary/aromatic N) is 2. The molecule has 1 aliphatic rings. The number of aromatic carboxylic acids is 1. The van der Waals surface area contributed by atoms with E-state index in [1.54, 1.807) is 18.2 Å². The molecule has 0 radical (unpaired) electrons. The normalized spacial score (nSPS) is 18.1. The molecule has 0 amide bonds. The number of hydrogen-bond acceptors (Lipinski definition) is 4. The van der Waals surface area contributed by atoms with E-state index in [4.69, 9.17) is 16.7 Å². The van der Waals surface area contributed by atoms with Gasteiger partial charge in [-0.15, -0.1) is 0 Å². The lowest BCUT2D eigenvalue weighted by Crippen LogP contribution is -2.21. The van der Waals surface area contributed by atoms with Crippen molar-refractivity contribution in [2.45, 2.75) is 12.8 Å². The third-order valence-electron chi connectivity index (χ3n) is 4.17. The molecular weight excluding hydrogens is 304 g/mol. The van der Waals surface area contributed by atoms with Crippen molar-refractivity contribution in [1.82, 2.24) is 4.98 Å². The van der Waals surface area contributed by atoms with Crippen LogP contribution in [0.2, 0.25) is 5.02 Å². The van der Waals surface area contributed by atoms with Crippen molar-refractivity contribution in [2.24, 2.45) is 5.92 Å². The van der Waals surface area contributed by atoms with E-state index in [1.165, 1.54) is 0 Å². The summed E-state index contributed by atoms with van der Waals surface area (Å²) >= 11 is 5.98. The fourth-order valence-electron chi connectivity index (χ4n) is 3.02. The van der Waals surface area contributed by atoms with Gasteiger partial charge in [0, 0.05) is 25.1 Å². The van der Waals surface area contributed by atoms with Crippen LogP contribution in [0.15, 0.2) is 24.3 Å². The van der Waals surface area contributed by atoms with E-state index in [9.17, 15) is 9.90 Å². The summed E-state index contributed by atoms with van der Waals surface area (Å²) in [7, 11) is 0. The van der Waals surface area contributed by atoms with Crippen molar-refractivity contribution in [1.29, 1.82) is 0 Å². The maximum atomic E-state index is 11.3. The number of anilines is 1. The number of fused-ring (bicyclic) bond motifs is 1. The molecule has 2 heterocycles. The molecule has 5 nitrogen and oxygen atoms in total. The second-order valence-corrected chi connectivity index (χ2v) is 5.98. The number of carbonyl (C=O) groups is 1. The smallest absolute Gasteiger partial charge is 0.337 e. The second-order valence-electron chi connectivity index (χ2n) is 5.58. The predicted molar refractivity (Wildman–Crippen MR) is 85.7 cm³/mol. The van der Waals surface area contributed by atoms with Crippen LogP contribution in [0.3, 0.4) is 0 Å². The van der Waals surface area contributed by atoms with Gasteiger partial charge in [0.15, 0.2) is 0 Å². The summed E-state index contributed by atoms with van der Waals surface area (Å²) in [5, 5.41) is 19.1. The zero-order chi connectivity index (χ0) is 15.7. The van der Waals surface area contributed by atoms with Crippen LogP contribution in [0.25, 0.3) is 10.9 Å². The first-order valence-corrected chi connectivity index (χ1v) is 7.66. The van der Waals surface area contributed by atoms with Gasteiger partial charge < -0.3 is 15.1 Å². The van der Waals surface area contributed by atoms with Gasteiger partial charge in [-0.3, -0.25) is 0 Å². The maximum absolute atomic E-state index is 11.3. The van der Waals surface area contributed by atoms with E-state index in [1.807, 2.05) is 6.07 Å². The molecule has 1 saturated heterocycles. The summed E-state index contributed by atoms with van der Waals surface area (Å²) in [6.07, 6.45) is 1.85. The zero-order valence-electron chi connectivity index (χ0n) is 12.0. The van der Waals surface area contributed by atoms with Gasteiger partial charge >= 0.3 is 5.97 Å². The third kappa shape index (κ3) is 2.74. The number of benzene rings is 1. The summed E-state index contributed by atoms with van der Waals surface area (Å²) in [6, 6.07) is 6.93. The minimum absolute atomic E-state index is 0.0952. The van der Waals surface area contributed by atoms with Gasteiger partial charge in [0.05, 0.1) is 16.1 Å². The van der Waals surface area contributed by atoms with Crippen LogP contribution in [0.1, 0.15) is 23.2 Å². The standard InChI is InChI=1S/C16H17ClN2O3/c17-12-2-3-13-11(15(12)16(21)22)1-4-14(18-13)19-7-5-10(9-19)6-8-20/h1-4,10,20H,5-9H2,(H,21,22)/t10-/m1/s1. The van der Waals surface area contributed by atoms with Gasteiger partial charge in [-0.25, -0.2) is 9.78 Å². The average molecular weight is 321 g/mol. The lowest BCUT2D eigenvalue weighted by molar-refractivity contribution is 0.0699. The highest BCUT2D eigenvalue weighted by atomic mass is 35.5. The van der Waals surface area contributed by atoms with Crippen LogP contribution >= 0.6 is 11.6 Å². The SMILES string of the molecule is O=C(O)c1c(Cl)ccc2nc(N3CC[C@H](CCO)C3)ccc12. The Hall–Kier alpha value is -1.85. The first kappa shape index (κ1) is 15.1. The monoisotopic (exact) mass is 320 g/mol. The number of carboxylic acid groups (broad SMARTS) is 1. The fraction of sp³-hybridized carbons (Fsp3) is 0.375. The number of halogens is 1. The molecular formula is C16H17ClN2O3. The molecule has 1 fully saturated rings. The molecule has 22 heavy (non-hydrogen) atoms. The first-order chi connectivity index (χ1) is 10.6. The van der Waals surface area contributed by atoms with Gasteiger partial charge in [-0.1, -0.05) is 11.6 Å². The number of rotatable bonds is 4. The molecule has 1 aromatic carbocycles. The number of aliphatic hydroxyl groups excluding tert-OH is 1. The van der Waals surface area contributed by atoms with E-state index < -0.39 is 5.97 Å². The minimum atomic E-state index is -1.05. The van der Waals surface area contributed by atoms with E-state index in [0.29, 0.717) is 16.8 Å². The lowest BCUT2D eigenvalue weighted by Gasteiger charge is -2.18. The minimum Gasteiger partial charge on any atom is -0.478 e. The Balaban J connectivity index is 1.94. The summed E-state index contributed by atoms with van der Waals surface area (Å²) < 4.78 is 0. The van der Waals surface area contributed by atoms with E-state index in [2.05, 4.69) is 9.88 Å². The molecule has 3 rings (SSSR count). The highest BCUT2D eigenvalue weighted by molar-refractivity contribution is 6.35. The van der Waals surface area contributed by atoms with Crippen molar-refractivity contribution in [3.8, 4) is 0 Å². The number of hydrogen-bond donors (Lipinski definition) is 2. The summed E-state index contributed by atoms with van der Waals surface area (Å²) in [6.45, 7) is 1.99. The molecule has 0 aliphatic carbocycles. The highest BCUT2D eigenvalue weighted by Crippen LogP contribution is 2.29. The molecule has 1 aliphatic heterocycles. The topological polar surface area (TPSA) is 73.7 Å². The Morgan fingerprint density at radius 2 is 2.18 bits per heavy atom. The van der Waals surface area contributed by atoms with Crippen molar-refractivity contribution in [3.63, 3.8) is 0 Å². The Bertz CT molecular complexity index is 720. The average Bonchev–Trinajstić information content (AvgIpc) is 2.95. The second kappa shape index (κ2) is 6.10. The van der Waals surface area contributed by atoms with Crippen LogP contribution in [0, 0.1) is 5.92 Å². The van der Waals surface area contributed by atoms with Gasteiger partial charge in [0.1, 0.15) is 5.82 Å². The van der Waals surface area contributed by atoms with Gasteiger partial charge in [-0.2, -0.15) is 0 Å². The number of aromatic nitrogens is 1. The number of aliphatic hydroxyl groups is 1. The Morgan fingerprint density at radius 1 is 1.36 bits per heavy atom. The largest absolute Gasteiger partial charge is 0.478 e. The van der Waals surface area contributed by atoms with E-state index >= 15 is 0 Å². The predicted octanol–water partition coefficient (Wildman–Crippen LogP) is 2.80. The number of carboxylic acids is 1. The van der Waals surface area contributed by atoms with E-state index in [0.717, 1.165) is 31.7 Å². The fourth-order valence-corrected chi connectivity index (χ4v) is 3.26. The lowest BCUT2D eigenvalue weighted by atomic mass is 10.1. The van der Waals surface area contributed by atoms with Crippen molar-refractivity contribution in [2.75, 3.05) is 24.6 Å². The van der Waals surface area contributed by atoms with Crippen molar-refractivity contribution >= 4 is 34.3 Å². The molecule has 6 heteroatoms. The quantitative estimate of drug-likeness (QED) is 0.906. The Kier molecular flexibility index (Phi) is 4.18. The van der Waals surface area contributed by atoms with E-state index in [-0.39, 0.29) is 17.2 Å². The van der Waals surface area contributed by atoms with Gasteiger partial charge in [0.2, 0.25) is 0 Å². The van der Waals surface area contributed by atoms with Crippen LogP contribution in [-0.4, -0.2) is 40.9 Å². The zero-order valence-corrected chi connectivity index (χ0v) is 12.8. The molecule has 2 aromatic rings. The van der Waals surface area contributed by atoms with Crippen molar-refractivity contribution < 1.29 is 15.0 Å². The highest BCUT2D eigenvalue weighted by Gasteiger charge is 2.23. The summed E-state index contributed by atoms with van der Waals surface area (Å²) in [4.78, 5) is 18.1. The molecule has 1 atom stereocenters. The molecule has 0 spiro atoms. The van der Waals surface area contributed by atoms with Gasteiger partial charge in [0.25, 0.3) is 0 Å². The molecule has 0 unspecified atom stereocenters. The third-order valence-corrected chi connectivity index (χ3v) is 4.48. The van der Waals surface area contributed by atoms with Crippen LogP contribution in [0.4, 0.5) is 5.82 Å². The Labute approximate surface area is 133 Å². The van der Waals surface area contributed by atoms with Crippen LogP contribution < -0.4 is 4.90 Å². The molecule has 2 N–H and O–H groups in total. The Morgan fingerprint density at radius 3 is 2.91 bits per heavy atom.